The molecule has 2 atom stereocenters. The highest BCUT2D eigenvalue weighted by molar-refractivity contribution is 9.10. The highest BCUT2D eigenvalue weighted by Crippen LogP contribution is 2.55. The first kappa shape index (κ1) is 14.7. The van der Waals surface area contributed by atoms with Crippen LogP contribution in [0.4, 0.5) is 10.1 Å². The third-order valence-corrected chi connectivity index (χ3v) is 5.31. The van der Waals surface area contributed by atoms with Crippen molar-refractivity contribution in [2.75, 3.05) is 0 Å². The minimum absolute atomic E-state index is 0.0459. The van der Waals surface area contributed by atoms with Crippen LogP contribution in [-0.2, 0) is 0 Å². The van der Waals surface area contributed by atoms with Crippen molar-refractivity contribution in [3.63, 3.8) is 0 Å². The molecule has 2 aliphatic rings. The van der Waals surface area contributed by atoms with Crippen LogP contribution in [0.15, 0.2) is 16.6 Å². The Bertz CT molecular complexity index is 589. The summed E-state index contributed by atoms with van der Waals surface area (Å²) in [7, 11) is 0. The van der Waals surface area contributed by atoms with Crippen LogP contribution in [0, 0.1) is 21.3 Å². The first-order valence-electron chi connectivity index (χ1n) is 6.92. The van der Waals surface area contributed by atoms with Gasteiger partial charge in [0, 0.05) is 11.8 Å². The topological polar surface area (TPSA) is 72.6 Å². The summed E-state index contributed by atoms with van der Waals surface area (Å²) in [5.41, 5.74) is -0.682. The van der Waals surface area contributed by atoms with Crippen LogP contribution in [-0.4, -0.2) is 22.2 Å². The summed E-state index contributed by atoms with van der Waals surface area (Å²) in [6, 6.07) is 2.01. The van der Waals surface area contributed by atoms with Gasteiger partial charge in [0.2, 0.25) is 5.75 Å². The van der Waals surface area contributed by atoms with E-state index in [0.717, 1.165) is 37.8 Å². The Kier molecular flexibility index (Phi) is 3.65. The summed E-state index contributed by atoms with van der Waals surface area (Å²) >= 11 is 3.13. The molecule has 114 valence electrons. The number of nitrogens with zero attached hydrogens (tertiary/aromatic N) is 1. The number of halogens is 2. The molecule has 0 amide bonds. The molecule has 1 N–H and O–H groups in total. The Labute approximate surface area is 129 Å². The molecule has 0 aromatic heterocycles. The predicted molar refractivity (Wildman–Crippen MR) is 76.7 cm³/mol. The fraction of sp³-hybridized carbons (Fsp3) is 0.571. The average Bonchev–Trinajstić information content (AvgIpc) is 2.92. The predicted octanol–water partition coefficient (Wildman–Crippen LogP) is 3.57. The molecule has 0 radical (unpaired) electrons. The van der Waals surface area contributed by atoms with Crippen LogP contribution >= 0.6 is 15.9 Å². The summed E-state index contributed by atoms with van der Waals surface area (Å²) < 4.78 is 19.4. The van der Waals surface area contributed by atoms with Gasteiger partial charge in [-0.3, -0.25) is 10.1 Å². The lowest BCUT2D eigenvalue weighted by Crippen LogP contribution is -2.58. The number of hydrogen-bond donors (Lipinski definition) is 1. The Morgan fingerprint density at radius 1 is 1.43 bits per heavy atom. The van der Waals surface area contributed by atoms with Gasteiger partial charge in [0.25, 0.3) is 0 Å². The molecular weight excluding hydrogens is 345 g/mol. The lowest BCUT2D eigenvalue weighted by molar-refractivity contribution is -0.386. The molecule has 0 bridgehead atoms. The van der Waals surface area contributed by atoms with Crippen LogP contribution in [0.25, 0.3) is 0 Å². The van der Waals surface area contributed by atoms with Crippen molar-refractivity contribution in [2.24, 2.45) is 5.41 Å². The smallest absolute Gasteiger partial charge is 0.315 e. The average molecular weight is 360 g/mol. The molecular formula is C14H15BrFNO4. The van der Waals surface area contributed by atoms with Crippen molar-refractivity contribution in [3.05, 3.63) is 32.5 Å². The van der Waals surface area contributed by atoms with Crippen molar-refractivity contribution in [1.29, 1.82) is 0 Å². The first-order valence-corrected chi connectivity index (χ1v) is 7.71. The standard InChI is InChI=1S/C14H15BrFNO4/c15-9-5-8(16)6-10(17(19)20)13(9)21-12-7-11(18)14(12)3-1-2-4-14/h5-6,11-12,18H,1-4,7H2. The molecule has 0 heterocycles. The third-order valence-electron chi connectivity index (χ3n) is 4.72. The fourth-order valence-electron chi connectivity index (χ4n) is 3.52. The number of nitro benzene ring substituents is 1. The van der Waals surface area contributed by atoms with Crippen LogP contribution in [0.3, 0.4) is 0 Å². The van der Waals surface area contributed by atoms with Gasteiger partial charge in [0.15, 0.2) is 0 Å². The molecule has 5 nitrogen and oxygen atoms in total. The zero-order valence-electron chi connectivity index (χ0n) is 11.2. The van der Waals surface area contributed by atoms with Gasteiger partial charge >= 0.3 is 5.69 Å². The van der Waals surface area contributed by atoms with E-state index in [1.165, 1.54) is 0 Å². The Hall–Kier alpha value is -1.21. The molecule has 2 unspecified atom stereocenters. The monoisotopic (exact) mass is 359 g/mol. The molecule has 21 heavy (non-hydrogen) atoms. The number of ether oxygens (including phenoxy) is 1. The summed E-state index contributed by atoms with van der Waals surface area (Å²) in [4.78, 5) is 10.4. The van der Waals surface area contributed by atoms with Gasteiger partial charge in [0.05, 0.1) is 21.6 Å². The van der Waals surface area contributed by atoms with Gasteiger partial charge in [-0.2, -0.15) is 0 Å². The minimum Gasteiger partial charge on any atom is -0.482 e. The number of aliphatic hydroxyl groups is 1. The molecule has 1 aromatic rings. The lowest BCUT2D eigenvalue weighted by Gasteiger charge is -2.50. The minimum atomic E-state index is -0.690. The van der Waals surface area contributed by atoms with E-state index in [0.29, 0.717) is 6.42 Å². The van der Waals surface area contributed by atoms with Gasteiger partial charge in [-0.15, -0.1) is 0 Å². The van der Waals surface area contributed by atoms with Crippen molar-refractivity contribution in [2.45, 2.75) is 44.3 Å². The normalized spacial score (nSPS) is 26.6. The summed E-state index contributed by atoms with van der Waals surface area (Å²) in [6.45, 7) is 0. The van der Waals surface area contributed by atoms with Crippen LogP contribution < -0.4 is 4.74 Å². The SMILES string of the molecule is O=[N+]([O-])c1cc(F)cc(Br)c1OC1CC(O)C12CCCC2. The number of nitro groups is 1. The first-order chi connectivity index (χ1) is 9.94. The molecule has 7 heteroatoms. The molecule has 2 saturated carbocycles. The second kappa shape index (κ2) is 5.21. The van der Waals surface area contributed by atoms with Gasteiger partial charge < -0.3 is 9.84 Å². The fourth-order valence-corrected chi connectivity index (χ4v) is 4.04. The molecule has 3 rings (SSSR count). The van der Waals surface area contributed by atoms with Gasteiger partial charge in [0.1, 0.15) is 11.9 Å². The lowest BCUT2D eigenvalue weighted by atomic mass is 9.62. The van der Waals surface area contributed by atoms with E-state index in [1.807, 2.05) is 0 Å². The van der Waals surface area contributed by atoms with Crippen molar-refractivity contribution >= 4 is 21.6 Å². The van der Waals surface area contributed by atoms with E-state index >= 15 is 0 Å². The summed E-state index contributed by atoms with van der Waals surface area (Å²) in [5, 5.41) is 21.1. The van der Waals surface area contributed by atoms with Crippen LogP contribution in [0.1, 0.15) is 32.1 Å². The van der Waals surface area contributed by atoms with E-state index < -0.39 is 22.5 Å². The van der Waals surface area contributed by atoms with Gasteiger partial charge in [-0.1, -0.05) is 12.8 Å². The van der Waals surface area contributed by atoms with E-state index in [4.69, 9.17) is 4.74 Å². The summed E-state index contributed by atoms with van der Waals surface area (Å²) in [5.74, 6) is -0.644. The molecule has 1 aromatic carbocycles. The largest absolute Gasteiger partial charge is 0.482 e. The number of rotatable bonds is 3. The summed E-state index contributed by atoms with van der Waals surface area (Å²) in [6.07, 6.45) is 3.59. The molecule has 2 fully saturated rings. The maximum Gasteiger partial charge on any atom is 0.315 e. The van der Waals surface area contributed by atoms with Crippen LogP contribution in [0.5, 0.6) is 5.75 Å². The van der Waals surface area contributed by atoms with E-state index in [-0.39, 0.29) is 21.7 Å². The number of benzene rings is 1. The molecule has 1 spiro atoms. The highest BCUT2D eigenvalue weighted by Gasteiger charge is 2.57. The Balaban J connectivity index is 1.90. The molecule has 0 aliphatic heterocycles. The van der Waals surface area contributed by atoms with Gasteiger partial charge in [-0.05, 0) is 34.8 Å². The Morgan fingerprint density at radius 2 is 2.10 bits per heavy atom. The molecule has 2 aliphatic carbocycles. The van der Waals surface area contributed by atoms with E-state index in [9.17, 15) is 19.6 Å². The highest BCUT2D eigenvalue weighted by atomic mass is 79.9. The zero-order chi connectivity index (χ0) is 15.2. The van der Waals surface area contributed by atoms with E-state index in [1.54, 1.807) is 0 Å². The molecule has 0 saturated heterocycles. The second-order valence-corrected chi connectivity index (χ2v) is 6.65. The number of hydrogen-bond acceptors (Lipinski definition) is 4. The quantitative estimate of drug-likeness (QED) is 0.661. The zero-order valence-corrected chi connectivity index (χ0v) is 12.8. The van der Waals surface area contributed by atoms with Crippen molar-refractivity contribution in [1.82, 2.24) is 0 Å². The van der Waals surface area contributed by atoms with Crippen molar-refractivity contribution < 1.29 is 19.2 Å². The van der Waals surface area contributed by atoms with Crippen LogP contribution in [0.2, 0.25) is 0 Å². The maximum atomic E-state index is 13.3. The third kappa shape index (κ3) is 2.32. The van der Waals surface area contributed by atoms with Crippen molar-refractivity contribution in [3.8, 4) is 5.75 Å². The second-order valence-electron chi connectivity index (χ2n) is 5.79. The van der Waals surface area contributed by atoms with E-state index in [2.05, 4.69) is 15.9 Å². The Morgan fingerprint density at radius 3 is 2.67 bits per heavy atom. The van der Waals surface area contributed by atoms with Gasteiger partial charge in [-0.25, -0.2) is 4.39 Å². The number of aliphatic hydroxyl groups excluding tert-OH is 1. The maximum absolute atomic E-state index is 13.3.